The molecular weight excluding hydrogens is 260 g/mol. The van der Waals surface area contributed by atoms with E-state index in [2.05, 4.69) is 4.98 Å². The Bertz CT molecular complexity index is 768. The molecule has 1 aromatic heterocycles. The fourth-order valence-electron chi connectivity index (χ4n) is 2.39. The molecule has 0 bridgehead atoms. The molecule has 102 valence electrons. The minimum absolute atomic E-state index is 0.272. The Hall–Kier alpha value is -2.94. The summed E-state index contributed by atoms with van der Waals surface area (Å²) < 4.78 is 0. The first-order chi connectivity index (χ1) is 10.3. The number of nitrogen functional groups attached to an aromatic ring is 1. The van der Waals surface area contributed by atoms with Crippen molar-refractivity contribution < 1.29 is 4.79 Å². The molecule has 0 atom stereocenters. The van der Waals surface area contributed by atoms with Gasteiger partial charge in [-0.3, -0.25) is 9.78 Å². The third kappa shape index (κ3) is 2.41. The normalized spacial score (nSPS) is 10.3. The second-order valence-electron chi connectivity index (χ2n) is 4.70. The van der Waals surface area contributed by atoms with Gasteiger partial charge in [-0.05, 0) is 11.1 Å². The van der Waals surface area contributed by atoms with Crippen molar-refractivity contribution in [2.24, 2.45) is 0 Å². The molecule has 21 heavy (non-hydrogen) atoms. The molecule has 0 fully saturated rings. The molecule has 3 nitrogen and oxygen atoms in total. The van der Waals surface area contributed by atoms with Crippen LogP contribution in [0.25, 0.3) is 22.3 Å². The van der Waals surface area contributed by atoms with Crippen LogP contribution in [0.2, 0.25) is 0 Å². The van der Waals surface area contributed by atoms with Gasteiger partial charge in [0, 0.05) is 17.3 Å². The van der Waals surface area contributed by atoms with Gasteiger partial charge in [0.2, 0.25) is 0 Å². The largest absolute Gasteiger partial charge is 0.396 e. The summed E-state index contributed by atoms with van der Waals surface area (Å²) in [6.07, 6.45) is 2.40. The summed E-state index contributed by atoms with van der Waals surface area (Å²) in [5.41, 5.74) is 10.6. The predicted octanol–water partition coefficient (Wildman–Crippen LogP) is 3.81. The lowest BCUT2D eigenvalue weighted by Crippen LogP contribution is -2.01. The standard InChI is InChI=1S/C18H14N2O/c19-18-16(12-21)20-11-15(13-7-3-1-4-8-13)17(18)14-9-5-2-6-10-14/h1-12H,19H2. The van der Waals surface area contributed by atoms with Gasteiger partial charge in [-0.25, -0.2) is 0 Å². The maximum Gasteiger partial charge on any atom is 0.170 e. The molecule has 1 heterocycles. The minimum atomic E-state index is 0.272. The number of hydrogen-bond acceptors (Lipinski definition) is 3. The zero-order valence-corrected chi connectivity index (χ0v) is 11.4. The average Bonchev–Trinajstić information content (AvgIpc) is 2.56. The molecule has 0 aliphatic carbocycles. The van der Waals surface area contributed by atoms with Crippen molar-refractivity contribution in [1.82, 2.24) is 4.98 Å². The maximum atomic E-state index is 11.1. The first-order valence-electron chi connectivity index (χ1n) is 6.65. The van der Waals surface area contributed by atoms with E-state index in [9.17, 15) is 4.79 Å². The summed E-state index contributed by atoms with van der Waals surface area (Å²) >= 11 is 0. The first-order valence-corrected chi connectivity index (χ1v) is 6.65. The highest BCUT2D eigenvalue weighted by atomic mass is 16.1. The van der Waals surface area contributed by atoms with Gasteiger partial charge in [0.15, 0.2) is 6.29 Å². The highest BCUT2D eigenvalue weighted by Crippen LogP contribution is 2.36. The summed E-state index contributed by atoms with van der Waals surface area (Å²) in [5.74, 6) is 0. The first kappa shape index (κ1) is 13.1. The quantitative estimate of drug-likeness (QED) is 0.739. The number of hydrogen-bond donors (Lipinski definition) is 1. The molecule has 0 radical (unpaired) electrons. The molecule has 0 saturated carbocycles. The third-order valence-electron chi connectivity index (χ3n) is 3.41. The number of carbonyl (C=O) groups is 1. The second kappa shape index (κ2) is 5.59. The number of nitrogens with two attached hydrogens (primary N) is 1. The van der Waals surface area contributed by atoms with Gasteiger partial charge < -0.3 is 5.73 Å². The number of benzene rings is 2. The van der Waals surface area contributed by atoms with Gasteiger partial charge in [0.25, 0.3) is 0 Å². The van der Waals surface area contributed by atoms with E-state index >= 15 is 0 Å². The van der Waals surface area contributed by atoms with Crippen molar-refractivity contribution in [3.63, 3.8) is 0 Å². The number of anilines is 1. The van der Waals surface area contributed by atoms with Gasteiger partial charge >= 0.3 is 0 Å². The van der Waals surface area contributed by atoms with Gasteiger partial charge in [0.05, 0.1) is 5.69 Å². The Balaban J connectivity index is 2.31. The molecule has 3 heteroatoms. The molecule has 3 rings (SSSR count). The summed E-state index contributed by atoms with van der Waals surface area (Å²) in [6, 6.07) is 19.7. The van der Waals surface area contributed by atoms with Crippen LogP contribution in [-0.4, -0.2) is 11.3 Å². The average molecular weight is 274 g/mol. The van der Waals surface area contributed by atoms with E-state index in [1.807, 2.05) is 60.7 Å². The Morgan fingerprint density at radius 3 is 2.00 bits per heavy atom. The van der Waals surface area contributed by atoms with Crippen LogP contribution >= 0.6 is 0 Å². The van der Waals surface area contributed by atoms with Crippen LogP contribution in [0, 0.1) is 0 Å². The Morgan fingerprint density at radius 1 is 0.857 bits per heavy atom. The maximum absolute atomic E-state index is 11.1. The van der Waals surface area contributed by atoms with Crippen LogP contribution in [0.4, 0.5) is 5.69 Å². The lowest BCUT2D eigenvalue weighted by atomic mass is 9.94. The van der Waals surface area contributed by atoms with Crippen LogP contribution in [0.1, 0.15) is 10.5 Å². The van der Waals surface area contributed by atoms with E-state index in [4.69, 9.17) is 5.73 Å². The van der Waals surface area contributed by atoms with Crippen molar-refractivity contribution in [3.05, 3.63) is 72.6 Å². The number of pyridine rings is 1. The SMILES string of the molecule is Nc1c(C=O)ncc(-c2ccccc2)c1-c1ccccc1. The number of rotatable bonds is 3. The van der Waals surface area contributed by atoms with E-state index in [1.165, 1.54) is 0 Å². The summed E-state index contributed by atoms with van der Waals surface area (Å²) in [4.78, 5) is 15.3. The van der Waals surface area contributed by atoms with Gasteiger partial charge in [-0.15, -0.1) is 0 Å². The smallest absolute Gasteiger partial charge is 0.170 e. The second-order valence-corrected chi connectivity index (χ2v) is 4.70. The fourth-order valence-corrected chi connectivity index (χ4v) is 2.39. The minimum Gasteiger partial charge on any atom is -0.396 e. The zero-order chi connectivity index (χ0) is 14.7. The lowest BCUT2D eigenvalue weighted by Gasteiger charge is -2.14. The van der Waals surface area contributed by atoms with Crippen molar-refractivity contribution in [1.29, 1.82) is 0 Å². The highest BCUT2D eigenvalue weighted by Gasteiger charge is 2.14. The van der Waals surface area contributed by atoms with E-state index in [-0.39, 0.29) is 5.69 Å². The van der Waals surface area contributed by atoms with Crippen molar-refractivity contribution in [3.8, 4) is 22.3 Å². The zero-order valence-electron chi connectivity index (χ0n) is 11.4. The van der Waals surface area contributed by atoms with Crippen molar-refractivity contribution in [2.45, 2.75) is 0 Å². The predicted molar refractivity (Wildman–Crippen MR) is 84.9 cm³/mol. The molecule has 0 spiro atoms. The summed E-state index contributed by atoms with van der Waals surface area (Å²) in [6.45, 7) is 0. The van der Waals surface area contributed by atoms with E-state index in [0.717, 1.165) is 22.3 Å². The number of aromatic nitrogens is 1. The van der Waals surface area contributed by atoms with Crippen LogP contribution < -0.4 is 5.73 Å². The molecule has 2 N–H and O–H groups in total. The molecule has 0 aliphatic rings. The number of nitrogens with zero attached hydrogens (tertiary/aromatic N) is 1. The van der Waals surface area contributed by atoms with E-state index in [0.29, 0.717) is 12.0 Å². The topological polar surface area (TPSA) is 56.0 Å². The summed E-state index contributed by atoms with van der Waals surface area (Å²) in [5, 5.41) is 0. The van der Waals surface area contributed by atoms with Crippen molar-refractivity contribution >= 4 is 12.0 Å². The van der Waals surface area contributed by atoms with E-state index in [1.54, 1.807) is 6.20 Å². The fraction of sp³-hybridized carbons (Fsp3) is 0. The molecule has 0 saturated heterocycles. The van der Waals surface area contributed by atoms with Crippen LogP contribution in [0.3, 0.4) is 0 Å². The lowest BCUT2D eigenvalue weighted by molar-refractivity contribution is 0.112. The Morgan fingerprint density at radius 2 is 1.43 bits per heavy atom. The Kier molecular flexibility index (Phi) is 3.48. The van der Waals surface area contributed by atoms with Gasteiger partial charge in [-0.2, -0.15) is 0 Å². The van der Waals surface area contributed by atoms with Crippen LogP contribution in [-0.2, 0) is 0 Å². The number of carbonyl (C=O) groups excluding carboxylic acids is 1. The summed E-state index contributed by atoms with van der Waals surface area (Å²) in [7, 11) is 0. The molecule has 0 unspecified atom stereocenters. The van der Waals surface area contributed by atoms with Gasteiger partial charge in [-0.1, -0.05) is 60.7 Å². The monoisotopic (exact) mass is 274 g/mol. The molecule has 2 aromatic carbocycles. The molecule has 3 aromatic rings. The molecular formula is C18H14N2O. The van der Waals surface area contributed by atoms with Gasteiger partial charge in [0.1, 0.15) is 5.69 Å². The molecule has 0 amide bonds. The van der Waals surface area contributed by atoms with E-state index < -0.39 is 0 Å². The van der Waals surface area contributed by atoms with Crippen LogP contribution in [0.5, 0.6) is 0 Å². The molecule has 0 aliphatic heterocycles. The Labute approximate surface area is 123 Å². The number of aldehydes is 1. The van der Waals surface area contributed by atoms with Crippen LogP contribution in [0.15, 0.2) is 66.9 Å². The highest BCUT2D eigenvalue weighted by molar-refractivity contribution is 5.96. The van der Waals surface area contributed by atoms with Crippen molar-refractivity contribution in [2.75, 3.05) is 5.73 Å². The third-order valence-corrected chi connectivity index (χ3v) is 3.41.